The molecule has 2 N–H and O–H groups in total. The van der Waals surface area contributed by atoms with E-state index in [1.807, 2.05) is 0 Å². The van der Waals surface area contributed by atoms with Gasteiger partial charge in [0.25, 0.3) is 5.56 Å². The van der Waals surface area contributed by atoms with Crippen LogP contribution in [0.15, 0.2) is 22.1 Å². The third-order valence-corrected chi connectivity index (χ3v) is 3.89. The Morgan fingerprint density at radius 1 is 1.29 bits per heavy atom. The largest absolute Gasteiger partial charge is 0.323 e. The number of rotatable bonds is 5. The summed E-state index contributed by atoms with van der Waals surface area (Å²) in [5, 5.41) is 2.62. The van der Waals surface area contributed by atoms with Crippen LogP contribution in [-0.2, 0) is 11.2 Å². The SMILES string of the molecule is CSc1nc(C)c(CCC(=O)Nc2ccc(F)c(F)c2F)c(=O)[nH]1. The number of aromatic nitrogens is 2. The third kappa shape index (κ3) is 3.97. The fourth-order valence-electron chi connectivity index (χ4n) is 2.05. The first kappa shape index (κ1) is 18.1. The minimum absolute atomic E-state index is 0.0833. The summed E-state index contributed by atoms with van der Waals surface area (Å²) in [6.07, 6.45) is 1.71. The molecule has 0 saturated carbocycles. The van der Waals surface area contributed by atoms with Gasteiger partial charge in [0.2, 0.25) is 5.91 Å². The highest BCUT2D eigenvalue weighted by Crippen LogP contribution is 2.20. The zero-order chi connectivity index (χ0) is 17.9. The van der Waals surface area contributed by atoms with Crippen molar-refractivity contribution >= 4 is 23.4 Å². The summed E-state index contributed by atoms with van der Waals surface area (Å²) < 4.78 is 39.5. The molecule has 0 aliphatic heterocycles. The first-order valence-electron chi connectivity index (χ1n) is 6.90. The molecule has 0 atom stereocenters. The summed E-state index contributed by atoms with van der Waals surface area (Å²) in [6.45, 7) is 1.65. The molecule has 0 aliphatic rings. The van der Waals surface area contributed by atoms with Crippen molar-refractivity contribution < 1.29 is 18.0 Å². The molecule has 0 bridgehead atoms. The van der Waals surface area contributed by atoms with E-state index in [0.717, 1.165) is 6.07 Å². The summed E-state index contributed by atoms with van der Waals surface area (Å²) in [4.78, 5) is 30.5. The summed E-state index contributed by atoms with van der Waals surface area (Å²) >= 11 is 1.28. The molecule has 1 amide bonds. The second-order valence-electron chi connectivity index (χ2n) is 4.91. The van der Waals surface area contributed by atoms with Crippen molar-refractivity contribution in [3.8, 4) is 0 Å². The van der Waals surface area contributed by atoms with Crippen LogP contribution >= 0.6 is 11.8 Å². The second-order valence-corrected chi connectivity index (χ2v) is 5.71. The smallest absolute Gasteiger partial charge is 0.254 e. The lowest BCUT2D eigenvalue weighted by Crippen LogP contribution is -2.20. The standard InChI is InChI=1S/C15H14F3N3O2S/c1-7-8(14(23)21-15(19-7)24-2)3-6-11(22)20-10-5-4-9(16)12(17)13(10)18/h4-5H,3,6H2,1-2H3,(H,20,22)(H,19,21,23). The highest BCUT2D eigenvalue weighted by Gasteiger charge is 2.16. The van der Waals surface area contributed by atoms with E-state index in [0.29, 0.717) is 22.5 Å². The summed E-state index contributed by atoms with van der Waals surface area (Å²) in [5.74, 6) is -5.10. The molecule has 0 aliphatic carbocycles. The van der Waals surface area contributed by atoms with Gasteiger partial charge in [-0.2, -0.15) is 0 Å². The molecule has 0 unspecified atom stereocenters. The van der Waals surface area contributed by atoms with E-state index in [2.05, 4.69) is 15.3 Å². The molecule has 1 heterocycles. The van der Waals surface area contributed by atoms with Crippen LogP contribution in [0.2, 0.25) is 0 Å². The van der Waals surface area contributed by atoms with E-state index >= 15 is 0 Å². The van der Waals surface area contributed by atoms with Gasteiger partial charge in [-0.15, -0.1) is 0 Å². The summed E-state index contributed by atoms with van der Waals surface area (Å²) in [7, 11) is 0. The Labute approximate surface area is 139 Å². The molecular formula is C15H14F3N3O2S. The van der Waals surface area contributed by atoms with Crippen molar-refractivity contribution in [3.63, 3.8) is 0 Å². The molecule has 1 aromatic heterocycles. The number of hydrogen-bond donors (Lipinski definition) is 2. The molecular weight excluding hydrogens is 343 g/mol. The van der Waals surface area contributed by atoms with Crippen LogP contribution in [0.1, 0.15) is 17.7 Å². The molecule has 0 saturated heterocycles. The molecule has 9 heteroatoms. The van der Waals surface area contributed by atoms with Crippen molar-refractivity contribution in [2.24, 2.45) is 0 Å². The maximum atomic E-state index is 13.5. The number of carbonyl (C=O) groups is 1. The number of nitrogens with zero attached hydrogens (tertiary/aromatic N) is 1. The third-order valence-electron chi connectivity index (χ3n) is 3.31. The average molecular weight is 357 g/mol. The van der Waals surface area contributed by atoms with Gasteiger partial charge in [-0.25, -0.2) is 18.2 Å². The number of aryl methyl sites for hydroxylation is 1. The van der Waals surface area contributed by atoms with Gasteiger partial charge in [0.05, 0.1) is 5.69 Å². The van der Waals surface area contributed by atoms with Gasteiger partial charge >= 0.3 is 0 Å². The number of thioether (sulfide) groups is 1. The van der Waals surface area contributed by atoms with E-state index in [-0.39, 0.29) is 18.4 Å². The molecule has 1 aromatic carbocycles. The normalized spacial score (nSPS) is 10.7. The van der Waals surface area contributed by atoms with Crippen LogP contribution in [-0.4, -0.2) is 22.1 Å². The number of benzene rings is 1. The van der Waals surface area contributed by atoms with E-state index in [4.69, 9.17) is 0 Å². The van der Waals surface area contributed by atoms with Crippen molar-refractivity contribution in [1.29, 1.82) is 0 Å². The fourth-order valence-corrected chi connectivity index (χ4v) is 2.47. The molecule has 2 rings (SSSR count). The van der Waals surface area contributed by atoms with Gasteiger partial charge in [-0.3, -0.25) is 9.59 Å². The van der Waals surface area contributed by atoms with Gasteiger partial charge in [0.1, 0.15) is 0 Å². The molecule has 24 heavy (non-hydrogen) atoms. The fraction of sp³-hybridized carbons (Fsp3) is 0.267. The first-order chi connectivity index (χ1) is 11.3. The lowest BCUT2D eigenvalue weighted by molar-refractivity contribution is -0.116. The van der Waals surface area contributed by atoms with Gasteiger partial charge in [0, 0.05) is 17.7 Å². The molecule has 128 valence electrons. The number of hydrogen-bond acceptors (Lipinski definition) is 4. The highest BCUT2D eigenvalue weighted by atomic mass is 32.2. The number of halogens is 3. The number of H-pyrrole nitrogens is 1. The lowest BCUT2D eigenvalue weighted by Gasteiger charge is -2.08. The number of anilines is 1. The van der Waals surface area contributed by atoms with Crippen LogP contribution in [0.3, 0.4) is 0 Å². The molecule has 2 aromatic rings. The first-order valence-corrected chi connectivity index (χ1v) is 8.13. The summed E-state index contributed by atoms with van der Waals surface area (Å²) in [6, 6.07) is 1.65. The molecule has 5 nitrogen and oxygen atoms in total. The Morgan fingerprint density at radius 3 is 2.62 bits per heavy atom. The number of amides is 1. The quantitative estimate of drug-likeness (QED) is 0.490. The maximum absolute atomic E-state index is 13.5. The van der Waals surface area contributed by atoms with Crippen LogP contribution in [0, 0.1) is 24.4 Å². The van der Waals surface area contributed by atoms with E-state index in [1.54, 1.807) is 13.2 Å². The van der Waals surface area contributed by atoms with Gasteiger partial charge in [-0.05, 0) is 31.7 Å². The van der Waals surface area contributed by atoms with Crippen molar-refractivity contribution in [2.75, 3.05) is 11.6 Å². The predicted molar refractivity (Wildman–Crippen MR) is 84.6 cm³/mol. The molecule has 0 radical (unpaired) electrons. The Hall–Kier alpha value is -2.29. The Morgan fingerprint density at radius 2 is 2.00 bits per heavy atom. The van der Waals surface area contributed by atoms with Crippen molar-refractivity contribution in [3.05, 3.63) is 51.2 Å². The Balaban J connectivity index is 2.07. The lowest BCUT2D eigenvalue weighted by atomic mass is 10.1. The number of aromatic amines is 1. The van der Waals surface area contributed by atoms with Gasteiger partial charge in [0.15, 0.2) is 22.6 Å². The molecule has 0 spiro atoms. The van der Waals surface area contributed by atoms with Crippen LogP contribution in [0.5, 0.6) is 0 Å². The van der Waals surface area contributed by atoms with Crippen LogP contribution in [0.4, 0.5) is 18.9 Å². The van der Waals surface area contributed by atoms with E-state index in [1.165, 1.54) is 11.8 Å². The topological polar surface area (TPSA) is 74.8 Å². The minimum atomic E-state index is -1.66. The van der Waals surface area contributed by atoms with Crippen LogP contribution < -0.4 is 10.9 Å². The Bertz CT molecular complexity index is 839. The van der Waals surface area contributed by atoms with Gasteiger partial charge < -0.3 is 10.3 Å². The van der Waals surface area contributed by atoms with E-state index < -0.39 is 29.0 Å². The average Bonchev–Trinajstić information content (AvgIpc) is 2.54. The highest BCUT2D eigenvalue weighted by molar-refractivity contribution is 7.98. The summed E-state index contributed by atoms with van der Waals surface area (Å²) in [5.41, 5.74) is 0.0302. The second kappa shape index (κ2) is 7.52. The maximum Gasteiger partial charge on any atom is 0.254 e. The van der Waals surface area contributed by atoms with E-state index in [9.17, 15) is 22.8 Å². The number of nitrogens with one attached hydrogen (secondary N) is 2. The van der Waals surface area contributed by atoms with Crippen LogP contribution in [0.25, 0.3) is 0 Å². The van der Waals surface area contributed by atoms with Gasteiger partial charge in [-0.1, -0.05) is 11.8 Å². The predicted octanol–water partition coefficient (Wildman–Crippen LogP) is 2.79. The zero-order valence-electron chi connectivity index (χ0n) is 12.9. The molecule has 0 fully saturated rings. The zero-order valence-corrected chi connectivity index (χ0v) is 13.7. The van der Waals surface area contributed by atoms with Crippen molar-refractivity contribution in [1.82, 2.24) is 9.97 Å². The monoisotopic (exact) mass is 357 g/mol. The minimum Gasteiger partial charge on any atom is -0.323 e. The Kier molecular flexibility index (Phi) is 5.66. The number of carbonyl (C=O) groups excluding carboxylic acids is 1. The van der Waals surface area contributed by atoms with Crippen molar-refractivity contribution in [2.45, 2.75) is 24.9 Å².